The molecule has 3 aliphatic rings. The zero-order chi connectivity index (χ0) is 28.7. The molecule has 40 heavy (non-hydrogen) atoms. The Morgan fingerprint density at radius 1 is 0.825 bits per heavy atom. The Kier molecular flexibility index (Phi) is 8.22. The second-order valence-corrected chi connectivity index (χ2v) is 18.1. The molecule has 1 aliphatic carbocycles. The summed E-state index contributed by atoms with van der Waals surface area (Å²) < 4.78 is 40.7. The molecule has 2 saturated heterocycles. The molecular formula is C33H46O6Si. The third kappa shape index (κ3) is 5.75. The van der Waals surface area contributed by atoms with Crippen LogP contribution in [0.3, 0.4) is 0 Å². The molecule has 0 aromatic heterocycles. The summed E-state index contributed by atoms with van der Waals surface area (Å²) in [4.78, 5) is 0. The lowest BCUT2D eigenvalue weighted by Gasteiger charge is -2.53. The molecule has 2 unspecified atom stereocenters. The van der Waals surface area contributed by atoms with Crippen LogP contribution in [0.1, 0.15) is 58.6 Å². The van der Waals surface area contributed by atoms with E-state index in [1.165, 1.54) is 0 Å². The molecule has 5 rings (SSSR count). The van der Waals surface area contributed by atoms with Crippen LogP contribution in [0.2, 0.25) is 18.1 Å². The predicted molar refractivity (Wildman–Crippen MR) is 158 cm³/mol. The Labute approximate surface area is 241 Å². The molecule has 0 N–H and O–H groups in total. The van der Waals surface area contributed by atoms with E-state index >= 15 is 0 Å². The standard InChI is InChI=1S/C33H46O6Si/c1-30(2,3)40(6,7)39-32(20-14-15-21-32)33(24-34-22-25-16-10-8-11-17-25)28(35-23-26-18-12-9-13-19-26)27-29(38-33)37-31(4,5)36-27/h8-19,27-29H,20-24H2,1-7H3/t27?,28?,29-,33+/m0/s1. The Balaban J connectivity index is 1.55. The highest BCUT2D eigenvalue weighted by Gasteiger charge is 2.71. The maximum atomic E-state index is 7.42. The third-order valence-corrected chi connectivity index (χ3v) is 13.5. The van der Waals surface area contributed by atoms with Crippen LogP contribution in [0.15, 0.2) is 72.8 Å². The van der Waals surface area contributed by atoms with E-state index in [1.807, 2.05) is 50.2 Å². The normalized spacial score (nSPS) is 29.1. The van der Waals surface area contributed by atoms with Gasteiger partial charge in [0.2, 0.25) is 0 Å². The molecule has 218 valence electrons. The molecule has 0 bridgehead atoms. The molecule has 6 nitrogen and oxygen atoms in total. The predicted octanol–water partition coefficient (Wildman–Crippen LogP) is 7.15. The Morgan fingerprint density at radius 3 is 1.98 bits per heavy atom. The first-order valence-corrected chi connectivity index (χ1v) is 17.4. The molecule has 2 aromatic rings. The van der Waals surface area contributed by atoms with Crippen LogP contribution in [0.5, 0.6) is 0 Å². The highest BCUT2D eigenvalue weighted by molar-refractivity contribution is 6.74. The molecule has 4 atom stereocenters. The second kappa shape index (κ2) is 11.1. The van der Waals surface area contributed by atoms with Crippen LogP contribution in [0.4, 0.5) is 0 Å². The monoisotopic (exact) mass is 566 g/mol. The van der Waals surface area contributed by atoms with Crippen LogP contribution < -0.4 is 0 Å². The molecule has 7 heteroatoms. The minimum Gasteiger partial charge on any atom is -0.408 e. The van der Waals surface area contributed by atoms with E-state index in [1.54, 1.807) is 0 Å². The summed E-state index contributed by atoms with van der Waals surface area (Å²) in [7, 11) is -2.25. The van der Waals surface area contributed by atoms with E-state index in [2.05, 4.69) is 70.3 Å². The highest BCUT2D eigenvalue weighted by atomic mass is 28.4. The summed E-state index contributed by atoms with van der Waals surface area (Å²) >= 11 is 0. The number of benzene rings is 2. The van der Waals surface area contributed by atoms with Gasteiger partial charge in [-0.2, -0.15) is 0 Å². The van der Waals surface area contributed by atoms with E-state index in [0.29, 0.717) is 26.1 Å². The summed E-state index contributed by atoms with van der Waals surface area (Å²) in [5.74, 6) is -0.776. The van der Waals surface area contributed by atoms with Gasteiger partial charge in [0.05, 0.1) is 25.4 Å². The quantitative estimate of drug-likeness (QED) is 0.225. The van der Waals surface area contributed by atoms with Crippen LogP contribution in [-0.4, -0.2) is 50.4 Å². The van der Waals surface area contributed by atoms with Crippen molar-refractivity contribution < 1.29 is 28.1 Å². The summed E-state index contributed by atoms with van der Waals surface area (Å²) in [6.07, 6.45) is 4.37. The Bertz CT molecular complexity index is 1150. The fourth-order valence-corrected chi connectivity index (χ4v) is 7.50. The lowest BCUT2D eigenvalue weighted by Crippen LogP contribution is -2.68. The smallest absolute Gasteiger partial charge is 0.193 e. The number of hydrogen-bond donors (Lipinski definition) is 0. The summed E-state index contributed by atoms with van der Waals surface area (Å²) in [6.45, 7) is 16.5. The molecule has 0 amide bonds. The molecule has 0 spiro atoms. The largest absolute Gasteiger partial charge is 0.408 e. The fraction of sp³-hybridized carbons (Fsp3) is 0.576. The van der Waals surface area contributed by atoms with Crippen molar-refractivity contribution in [1.29, 1.82) is 0 Å². The van der Waals surface area contributed by atoms with Gasteiger partial charge in [-0.05, 0) is 55.9 Å². The molecule has 0 saturated carbocycles. The average molecular weight is 567 g/mol. The Hall–Kier alpha value is -1.84. The molecule has 2 aliphatic heterocycles. The van der Waals surface area contributed by atoms with Crippen LogP contribution >= 0.6 is 0 Å². The van der Waals surface area contributed by atoms with Gasteiger partial charge in [-0.1, -0.05) is 93.6 Å². The highest BCUT2D eigenvalue weighted by Crippen LogP contribution is 2.55. The van der Waals surface area contributed by atoms with Gasteiger partial charge in [0.25, 0.3) is 0 Å². The first-order valence-electron chi connectivity index (χ1n) is 14.5. The average Bonchev–Trinajstić information content (AvgIpc) is 3.55. The van der Waals surface area contributed by atoms with Crippen molar-refractivity contribution in [2.24, 2.45) is 0 Å². The zero-order valence-electron chi connectivity index (χ0n) is 25.1. The van der Waals surface area contributed by atoms with Crippen molar-refractivity contribution in [3.8, 4) is 0 Å². The molecular weight excluding hydrogens is 520 g/mol. The van der Waals surface area contributed by atoms with E-state index in [9.17, 15) is 0 Å². The molecule has 0 radical (unpaired) electrons. The number of rotatable bonds is 10. The van der Waals surface area contributed by atoms with Gasteiger partial charge < -0.3 is 28.1 Å². The molecule has 2 heterocycles. The first kappa shape index (κ1) is 29.6. The lowest BCUT2D eigenvalue weighted by atomic mass is 9.76. The fourth-order valence-electron chi connectivity index (χ4n) is 5.88. The minimum absolute atomic E-state index is 0.0124. The van der Waals surface area contributed by atoms with Crippen LogP contribution in [-0.2, 0) is 41.3 Å². The van der Waals surface area contributed by atoms with E-state index in [0.717, 1.165) is 11.1 Å². The first-order chi connectivity index (χ1) is 18.9. The summed E-state index contributed by atoms with van der Waals surface area (Å²) in [5, 5.41) is 0.0124. The lowest BCUT2D eigenvalue weighted by molar-refractivity contribution is -0.292. The molecule has 2 aromatic carbocycles. The summed E-state index contributed by atoms with van der Waals surface area (Å²) in [5.41, 5.74) is 0.554. The summed E-state index contributed by atoms with van der Waals surface area (Å²) in [6, 6.07) is 20.5. The van der Waals surface area contributed by atoms with Gasteiger partial charge in [0, 0.05) is 0 Å². The minimum atomic E-state index is -2.25. The molecule has 2 fully saturated rings. The maximum Gasteiger partial charge on any atom is 0.193 e. The van der Waals surface area contributed by atoms with Crippen LogP contribution in [0, 0.1) is 0 Å². The van der Waals surface area contributed by atoms with E-state index < -0.39 is 43.8 Å². The van der Waals surface area contributed by atoms with E-state index in [-0.39, 0.29) is 11.6 Å². The maximum absolute atomic E-state index is 7.42. The van der Waals surface area contributed by atoms with Crippen molar-refractivity contribution in [2.75, 3.05) is 6.61 Å². The van der Waals surface area contributed by atoms with Crippen molar-refractivity contribution in [1.82, 2.24) is 0 Å². The second-order valence-electron chi connectivity index (χ2n) is 13.4. The van der Waals surface area contributed by atoms with Crippen molar-refractivity contribution in [3.63, 3.8) is 0 Å². The third-order valence-electron chi connectivity index (χ3n) is 8.96. The van der Waals surface area contributed by atoms with Gasteiger partial charge in [0.1, 0.15) is 12.2 Å². The zero-order valence-corrected chi connectivity index (χ0v) is 26.1. The number of hydrogen-bond acceptors (Lipinski definition) is 6. The van der Waals surface area contributed by atoms with Crippen LogP contribution in [0.25, 0.3) is 0 Å². The number of fused-ring (bicyclic) bond motifs is 1. The van der Waals surface area contributed by atoms with E-state index in [4.69, 9.17) is 28.1 Å². The number of ether oxygens (including phenoxy) is 5. The van der Waals surface area contributed by atoms with Gasteiger partial charge in [-0.15, -0.1) is 0 Å². The van der Waals surface area contributed by atoms with Gasteiger partial charge in [-0.3, -0.25) is 0 Å². The van der Waals surface area contributed by atoms with Crippen molar-refractivity contribution >= 4 is 8.32 Å². The SMILES string of the molecule is CC1(C)OC2C(OCc3ccccc3)[C@](COCc3ccccc3)(C3(O[Si](C)(C)C(C)(C)C)CC=CC3)O[C@@H]2O1. The van der Waals surface area contributed by atoms with Crippen molar-refractivity contribution in [2.45, 2.75) is 114 Å². The Morgan fingerprint density at radius 2 is 1.40 bits per heavy atom. The van der Waals surface area contributed by atoms with Gasteiger partial charge in [0.15, 0.2) is 26.0 Å². The van der Waals surface area contributed by atoms with Gasteiger partial charge in [-0.25, -0.2) is 0 Å². The van der Waals surface area contributed by atoms with Gasteiger partial charge >= 0.3 is 0 Å². The van der Waals surface area contributed by atoms with Crippen molar-refractivity contribution in [3.05, 3.63) is 83.9 Å². The topological polar surface area (TPSA) is 55.4 Å².